The van der Waals surface area contributed by atoms with E-state index in [4.69, 9.17) is 4.74 Å². The lowest BCUT2D eigenvalue weighted by molar-refractivity contribution is 0.0519. The van der Waals surface area contributed by atoms with Gasteiger partial charge in [-0.05, 0) is 47.2 Å². The third-order valence-corrected chi connectivity index (χ3v) is 5.26. The van der Waals surface area contributed by atoms with Gasteiger partial charge in [0.25, 0.3) is 0 Å². The third-order valence-electron chi connectivity index (χ3n) is 4.57. The van der Waals surface area contributed by atoms with Gasteiger partial charge in [-0.3, -0.25) is 0 Å². The van der Waals surface area contributed by atoms with Crippen molar-refractivity contribution in [1.29, 1.82) is 0 Å². The molecule has 8 heteroatoms. The Labute approximate surface area is 148 Å². The van der Waals surface area contributed by atoms with Crippen LogP contribution in [0.25, 0.3) is 0 Å². The molecule has 2 atom stereocenters. The molecule has 2 fully saturated rings. The van der Waals surface area contributed by atoms with Gasteiger partial charge >= 0.3 is 5.97 Å². The molecule has 0 radical (unpaired) electrons. The number of carbonyl (C=O) groups is 1. The summed E-state index contributed by atoms with van der Waals surface area (Å²) in [6.07, 6.45) is 2.97. The van der Waals surface area contributed by atoms with Crippen molar-refractivity contribution in [3.8, 4) is 0 Å². The maximum absolute atomic E-state index is 11.6. The van der Waals surface area contributed by atoms with Gasteiger partial charge in [-0.15, -0.1) is 5.10 Å². The molecule has 1 aliphatic carbocycles. The standard InChI is InChI=1S/C16H18BrN5O2/c1-2-24-16(23)13-9-22(20-19-13)8-10-3-4-14(18-15(10)17)21-6-11-5-12(11)7-21/h3-4,9,11-12H,2,5-8H2,1H3. The number of rotatable bonds is 5. The SMILES string of the molecule is CCOC(=O)c1cn(Cc2ccc(N3CC4CC4C3)nc2Br)nn1. The van der Waals surface area contributed by atoms with Gasteiger partial charge in [-0.1, -0.05) is 11.3 Å². The molecule has 7 nitrogen and oxygen atoms in total. The Balaban J connectivity index is 1.45. The molecule has 0 aromatic carbocycles. The maximum Gasteiger partial charge on any atom is 0.360 e. The number of anilines is 1. The van der Waals surface area contributed by atoms with Crippen molar-refractivity contribution in [2.45, 2.75) is 19.9 Å². The van der Waals surface area contributed by atoms with E-state index in [9.17, 15) is 4.79 Å². The summed E-state index contributed by atoms with van der Waals surface area (Å²) >= 11 is 3.55. The first-order valence-corrected chi connectivity index (χ1v) is 8.91. The molecule has 126 valence electrons. The lowest BCUT2D eigenvalue weighted by atomic mass is 10.2. The number of carbonyl (C=O) groups excluding carboxylic acids is 1. The van der Waals surface area contributed by atoms with Crippen LogP contribution in [0, 0.1) is 11.8 Å². The van der Waals surface area contributed by atoms with E-state index in [1.165, 1.54) is 6.42 Å². The highest BCUT2D eigenvalue weighted by atomic mass is 79.9. The molecule has 0 spiro atoms. The highest BCUT2D eigenvalue weighted by Crippen LogP contribution is 2.46. The Hall–Kier alpha value is -1.96. The highest BCUT2D eigenvalue weighted by Gasteiger charge is 2.45. The van der Waals surface area contributed by atoms with E-state index in [0.29, 0.717) is 13.2 Å². The van der Waals surface area contributed by atoms with E-state index < -0.39 is 5.97 Å². The minimum atomic E-state index is -0.455. The number of hydrogen-bond acceptors (Lipinski definition) is 6. The fourth-order valence-electron chi connectivity index (χ4n) is 3.18. The molecule has 24 heavy (non-hydrogen) atoms. The van der Waals surface area contributed by atoms with Crippen LogP contribution in [-0.2, 0) is 11.3 Å². The van der Waals surface area contributed by atoms with Crippen molar-refractivity contribution in [2.24, 2.45) is 11.8 Å². The third kappa shape index (κ3) is 3.02. The molecule has 0 amide bonds. The topological polar surface area (TPSA) is 73.1 Å². The molecule has 2 aromatic heterocycles. The first-order chi connectivity index (χ1) is 11.6. The smallest absolute Gasteiger partial charge is 0.360 e. The second-order valence-electron chi connectivity index (χ2n) is 6.30. The molecule has 3 heterocycles. The van der Waals surface area contributed by atoms with Gasteiger partial charge < -0.3 is 9.64 Å². The van der Waals surface area contributed by atoms with Gasteiger partial charge in [-0.25, -0.2) is 14.5 Å². The average molecular weight is 392 g/mol. The van der Waals surface area contributed by atoms with Crippen molar-refractivity contribution in [3.05, 3.63) is 34.2 Å². The maximum atomic E-state index is 11.6. The number of nitrogens with zero attached hydrogens (tertiary/aromatic N) is 5. The van der Waals surface area contributed by atoms with Gasteiger partial charge in [-0.2, -0.15) is 0 Å². The van der Waals surface area contributed by atoms with Crippen LogP contribution in [0.1, 0.15) is 29.4 Å². The van der Waals surface area contributed by atoms with Crippen molar-refractivity contribution >= 4 is 27.7 Å². The molecule has 2 unspecified atom stereocenters. The van der Waals surface area contributed by atoms with Crippen molar-refractivity contribution in [2.75, 3.05) is 24.6 Å². The van der Waals surface area contributed by atoms with Crippen LogP contribution < -0.4 is 4.90 Å². The second-order valence-corrected chi connectivity index (χ2v) is 7.05. The molecule has 1 aliphatic heterocycles. The molecule has 0 N–H and O–H groups in total. The molecule has 0 bridgehead atoms. The zero-order valence-electron chi connectivity index (χ0n) is 13.4. The summed E-state index contributed by atoms with van der Waals surface area (Å²) in [7, 11) is 0. The number of hydrogen-bond donors (Lipinski definition) is 0. The largest absolute Gasteiger partial charge is 0.461 e. The molecule has 2 aliphatic rings. The number of aromatic nitrogens is 4. The van der Waals surface area contributed by atoms with E-state index >= 15 is 0 Å². The lowest BCUT2D eigenvalue weighted by Crippen LogP contribution is -2.23. The fourth-order valence-corrected chi connectivity index (χ4v) is 3.62. The first-order valence-electron chi connectivity index (χ1n) is 8.11. The molecule has 1 saturated carbocycles. The van der Waals surface area contributed by atoms with Crippen LogP contribution in [-0.4, -0.2) is 45.6 Å². The zero-order valence-corrected chi connectivity index (χ0v) is 14.9. The van der Waals surface area contributed by atoms with E-state index in [1.54, 1.807) is 17.8 Å². The van der Waals surface area contributed by atoms with Gasteiger partial charge in [0.05, 0.1) is 19.3 Å². The summed E-state index contributed by atoms with van der Waals surface area (Å²) < 4.78 is 7.33. The monoisotopic (exact) mass is 391 g/mol. The molecule has 1 saturated heterocycles. The Morgan fingerprint density at radius 1 is 1.38 bits per heavy atom. The van der Waals surface area contributed by atoms with E-state index in [-0.39, 0.29) is 5.69 Å². The Morgan fingerprint density at radius 3 is 2.88 bits per heavy atom. The van der Waals surface area contributed by atoms with Crippen LogP contribution in [0.3, 0.4) is 0 Å². The van der Waals surface area contributed by atoms with E-state index in [2.05, 4.69) is 36.1 Å². The predicted molar refractivity (Wildman–Crippen MR) is 90.8 cm³/mol. The van der Waals surface area contributed by atoms with Gasteiger partial charge in [0.15, 0.2) is 5.69 Å². The average Bonchev–Trinajstić information content (AvgIpc) is 2.98. The Kier molecular flexibility index (Phi) is 3.99. The Bertz CT molecular complexity index is 768. The number of pyridine rings is 1. The van der Waals surface area contributed by atoms with Crippen LogP contribution in [0.5, 0.6) is 0 Å². The lowest BCUT2D eigenvalue weighted by Gasteiger charge is -2.19. The molecule has 2 aromatic rings. The summed E-state index contributed by atoms with van der Waals surface area (Å²) in [4.78, 5) is 18.6. The minimum absolute atomic E-state index is 0.217. The Morgan fingerprint density at radius 2 is 2.17 bits per heavy atom. The number of fused-ring (bicyclic) bond motifs is 1. The summed E-state index contributed by atoms with van der Waals surface area (Å²) in [5.41, 5.74) is 1.21. The predicted octanol–water partition coefficient (Wildman–Crippen LogP) is 2.12. The zero-order chi connectivity index (χ0) is 16.7. The first kappa shape index (κ1) is 15.6. The van der Waals surface area contributed by atoms with Crippen LogP contribution in [0.15, 0.2) is 22.9 Å². The molecule has 4 rings (SSSR count). The van der Waals surface area contributed by atoms with Crippen molar-refractivity contribution in [1.82, 2.24) is 20.0 Å². The highest BCUT2D eigenvalue weighted by molar-refractivity contribution is 9.10. The number of halogens is 1. The summed E-state index contributed by atoms with van der Waals surface area (Å²) in [6, 6.07) is 4.09. The van der Waals surface area contributed by atoms with Gasteiger partial charge in [0, 0.05) is 18.7 Å². The molecular formula is C16H18BrN5O2. The normalized spacial score (nSPS) is 21.7. The van der Waals surface area contributed by atoms with E-state index in [1.807, 2.05) is 12.1 Å². The number of piperidine rings is 1. The number of ether oxygens (including phenoxy) is 1. The van der Waals surface area contributed by atoms with E-state index in [0.717, 1.165) is 40.9 Å². The molecular weight excluding hydrogens is 374 g/mol. The van der Waals surface area contributed by atoms with Crippen LogP contribution >= 0.6 is 15.9 Å². The van der Waals surface area contributed by atoms with Crippen molar-refractivity contribution in [3.63, 3.8) is 0 Å². The summed E-state index contributed by atoms with van der Waals surface area (Å²) in [5.74, 6) is 2.32. The summed E-state index contributed by atoms with van der Waals surface area (Å²) in [6.45, 7) is 4.81. The van der Waals surface area contributed by atoms with Crippen molar-refractivity contribution < 1.29 is 9.53 Å². The van der Waals surface area contributed by atoms with Crippen LogP contribution in [0.2, 0.25) is 0 Å². The van der Waals surface area contributed by atoms with Gasteiger partial charge in [0.2, 0.25) is 0 Å². The second kappa shape index (κ2) is 6.16. The quantitative estimate of drug-likeness (QED) is 0.573. The van der Waals surface area contributed by atoms with Gasteiger partial charge in [0.1, 0.15) is 10.4 Å². The fraction of sp³-hybridized carbons (Fsp3) is 0.500. The van der Waals surface area contributed by atoms with Crippen LogP contribution in [0.4, 0.5) is 5.82 Å². The number of esters is 1. The minimum Gasteiger partial charge on any atom is -0.461 e. The summed E-state index contributed by atoms with van der Waals surface area (Å²) in [5, 5.41) is 7.83.